The molecule has 2 rings (SSSR count). The van der Waals surface area contributed by atoms with Crippen LogP contribution in [0.25, 0.3) is 0 Å². The summed E-state index contributed by atoms with van der Waals surface area (Å²) in [6.07, 6.45) is 0.869. The van der Waals surface area contributed by atoms with E-state index in [1.807, 2.05) is 17.0 Å². The van der Waals surface area contributed by atoms with Crippen molar-refractivity contribution in [3.63, 3.8) is 0 Å². The van der Waals surface area contributed by atoms with Crippen molar-refractivity contribution in [2.24, 2.45) is 5.92 Å². The van der Waals surface area contributed by atoms with Crippen LogP contribution in [-0.2, 0) is 16.0 Å². The van der Waals surface area contributed by atoms with Crippen molar-refractivity contribution in [2.75, 3.05) is 11.5 Å². The van der Waals surface area contributed by atoms with E-state index >= 15 is 0 Å². The van der Waals surface area contributed by atoms with Crippen molar-refractivity contribution in [1.29, 1.82) is 0 Å². The van der Waals surface area contributed by atoms with Gasteiger partial charge in [-0.2, -0.15) is 0 Å². The number of esters is 1. The molecule has 0 radical (unpaired) electrons. The maximum Gasteiger partial charge on any atom is 0.338 e. The molecule has 1 heterocycles. The molecule has 1 aliphatic heterocycles. The molecule has 20 heavy (non-hydrogen) atoms. The summed E-state index contributed by atoms with van der Waals surface area (Å²) in [5.74, 6) is 0.0916. The van der Waals surface area contributed by atoms with Crippen LogP contribution in [0.1, 0.15) is 43.6 Å². The zero-order chi connectivity index (χ0) is 14.9. The second-order valence-electron chi connectivity index (χ2n) is 5.37. The van der Waals surface area contributed by atoms with Crippen LogP contribution in [0.4, 0.5) is 5.69 Å². The monoisotopic (exact) mass is 275 g/mol. The van der Waals surface area contributed by atoms with Crippen molar-refractivity contribution in [1.82, 2.24) is 0 Å². The van der Waals surface area contributed by atoms with Gasteiger partial charge in [0.15, 0.2) is 0 Å². The van der Waals surface area contributed by atoms with Crippen molar-refractivity contribution in [3.05, 3.63) is 29.3 Å². The Hall–Kier alpha value is -1.84. The molecule has 1 aromatic rings. The summed E-state index contributed by atoms with van der Waals surface area (Å²) in [5.41, 5.74) is 2.50. The Balaban J connectivity index is 2.41. The van der Waals surface area contributed by atoms with Crippen molar-refractivity contribution >= 4 is 17.6 Å². The third kappa shape index (κ3) is 2.55. The van der Waals surface area contributed by atoms with E-state index < -0.39 is 0 Å². The zero-order valence-corrected chi connectivity index (χ0v) is 12.5. The van der Waals surface area contributed by atoms with Gasteiger partial charge in [0, 0.05) is 18.7 Å². The molecule has 1 aromatic carbocycles. The fourth-order valence-corrected chi connectivity index (χ4v) is 2.77. The average molecular weight is 275 g/mol. The molecule has 0 aliphatic carbocycles. The molecule has 4 nitrogen and oxygen atoms in total. The van der Waals surface area contributed by atoms with Gasteiger partial charge in [-0.05, 0) is 49.9 Å². The highest BCUT2D eigenvalue weighted by Gasteiger charge is 2.31. The summed E-state index contributed by atoms with van der Waals surface area (Å²) >= 11 is 0. The Morgan fingerprint density at radius 2 is 2.05 bits per heavy atom. The molecule has 0 N–H and O–H groups in total. The maximum absolute atomic E-state index is 11.9. The lowest BCUT2D eigenvalue weighted by Crippen LogP contribution is -2.45. The first-order valence-corrected chi connectivity index (χ1v) is 7.05. The number of anilines is 1. The molecule has 0 saturated heterocycles. The first-order valence-electron chi connectivity index (χ1n) is 7.05. The number of hydrogen-bond donors (Lipinski definition) is 0. The van der Waals surface area contributed by atoms with Crippen LogP contribution in [0.15, 0.2) is 18.2 Å². The summed E-state index contributed by atoms with van der Waals surface area (Å²) in [7, 11) is 0. The van der Waals surface area contributed by atoms with E-state index in [0.29, 0.717) is 18.1 Å². The Labute approximate surface area is 119 Å². The van der Waals surface area contributed by atoms with Gasteiger partial charge in [-0.15, -0.1) is 0 Å². The van der Waals surface area contributed by atoms with E-state index in [4.69, 9.17) is 4.74 Å². The van der Waals surface area contributed by atoms with E-state index in [0.717, 1.165) is 17.7 Å². The molecule has 1 amide bonds. The van der Waals surface area contributed by atoms with E-state index in [2.05, 4.69) is 13.8 Å². The van der Waals surface area contributed by atoms with Gasteiger partial charge in [0.2, 0.25) is 5.91 Å². The number of amides is 1. The minimum absolute atomic E-state index is 0.0363. The lowest BCUT2D eigenvalue weighted by atomic mass is 9.87. The summed E-state index contributed by atoms with van der Waals surface area (Å²) in [6.45, 7) is 7.92. The summed E-state index contributed by atoms with van der Waals surface area (Å²) in [5, 5.41) is 0. The van der Waals surface area contributed by atoms with Gasteiger partial charge in [-0.25, -0.2) is 4.79 Å². The highest BCUT2D eigenvalue weighted by Crippen LogP contribution is 2.34. The van der Waals surface area contributed by atoms with Crippen LogP contribution >= 0.6 is 0 Å². The summed E-state index contributed by atoms with van der Waals surface area (Å²) < 4.78 is 5.02. The Morgan fingerprint density at radius 3 is 2.65 bits per heavy atom. The molecule has 0 saturated carbocycles. The lowest BCUT2D eigenvalue weighted by molar-refractivity contribution is -0.117. The molecule has 1 aliphatic rings. The number of ether oxygens (including phenoxy) is 1. The van der Waals surface area contributed by atoms with Gasteiger partial charge in [0.05, 0.1) is 12.2 Å². The van der Waals surface area contributed by atoms with Gasteiger partial charge < -0.3 is 9.64 Å². The van der Waals surface area contributed by atoms with Crippen LogP contribution in [0, 0.1) is 5.92 Å². The fourth-order valence-electron chi connectivity index (χ4n) is 2.77. The van der Waals surface area contributed by atoms with Gasteiger partial charge in [-0.1, -0.05) is 6.92 Å². The molecular formula is C16H21NO3. The minimum atomic E-state index is -0.309. The van der Waals surface area contributed by atoms with Gasteiger partial charge >= 0.3 is 5.97 Å². The molecule has 0 spiro atoms. The molecule has 0 aromatic heterocycles. The number of nitrogens with zero attached hydrogens (tertiary/aromatic N) is 1. The van der Waals surface area contributed by atoms with E-state index in [-0.39, 0.29) is 17.9 Å². The van der Waals surface area contributed by atoms with E-state index in [1.165, 1.54) is 0 Å². The molecular weight excluding hydrogens is 254 g/mol. The Kier molecular flexibility index (Phi) is 4.12. The number of benzene rings is 1. The molecule has 2 atom stereocenters. The maximum atomic E-state index is 11.9. The zero-order valence-electron chi connectivity index (χ0n) is 12.5. The standard InChI is InChI=1S/C16H21NO3/c1-5-20-16(19)13-6-7-15-14(9-13)8-10(2)11(3)17(15)12(4)18/h6-7,9-11H,5,8H2,1-4H3/t10-,11+/m1/s1. The molecule has 0 fully saturated rings. The van der Waals surface area contributed by atoms with Crippen molar-refractivity contribution in [3.8, 4) is 0 Å². The molecule has 4 heteroatoms. The summed E-state index contributed by atoms with van der Waals surface area (Å²) in [6, 6.07) is 5.61. The summed E-state index contributed by atoms with van der Waals surface area (Å²) in [4.78, 5) is 25.5. The van der Waals surface area contributed by atoms with E-state index in [1.54, 1.807) is 19.9 Å². The Morgan fingerprint density at radius 1 is 1.35 bits per heavy atom. The van der Waals surface area contributed by atoms with Gasteiger partial charge in [0.25, 0.3) is 0 Å². The first kappa shape index (κ1) is 14.6. The van der Waals surface area contributed by atoms with Crippen molar-refractivity contribution < 1.29 is 14.3 Å². The first-order chi connectivity index (χ1) is 9.45. The van der Waals surface area contributed by atoms with Gasteiger partial charge in [0.1, 0.15) is 0 Å². The number of carbonyl (C=O) groups excluding carboxylic acids is 2. The van der Waals surface area contributed by atoms with Crippen LogP contribution in [0.5, 0.6) is 0 Å². The fraction of sp³-hybridized carbons (Fsp3) is 0.500. The third-order valence-electron chi connectivity index (χ3n) is 3.96. The second kappa shape index (κ2) is 5.65. The van der Waals surface area contributed by atoms with Crippen molar-refractivity contribution in [2.45, 2.75) is 40.2 Å². The van der Waals surface area contributed by atoms with Crippen LogP contribution in [0.3, 0.4) is 0 Å². The topological polar surface area (TPSA) is 46.6 Å². The SMILES string of the molecule is CCOC(=O)c1ccc2c(c1)C[C@@H](C)[C@H](C)N2C(C)=O. The highest BCUT2D eigenvalue weighted by molar-refractivity contribution is 5.95. The molecule has 0 bridgehead atoms. The Bertz CT molecular complexity index is 539. The number of hydrogen-bond acceptors (Lipinski definition) is 3. The number of rotatable bonds is 2. The van der Waals surface area contributed by atoms with Crippen LogP contribution in [0.2, 0.25) is 0 Å². The van der Waals surface area contributed by atoms with Crippen LogP contribution < -0.4 is 4.90 Å². The number of fused-ring (bicyclic) bond motifs is 1. The predicted molar refractivity (Wildman–Crippen MR) is 77.9 cm³/mol. The van der Waals surface area contributed by atoms with E-state index in [9.17, 15) is 9.59 Å². The average Bonchev–Trinajstić information content (AvgIpc) is 2.39. The largest absolute Gasteiger partial charge is 0.462 e. The van der Waals surface area contributed by atoms with Gasteiger partial charge in [-0.3, -0.25) is 4.79 Å². The highest BCUT2D eigenvalue weighted by atomic mass is 16.5. The van der Waals surface area contributed by atoms with Crippen LogP contribution in [-0.4, -0.2) is 24.5 Å². The molecule has 0 unspecified atom stereocenters. The smallest absolute Gasteiger partial charge is 0.338 e. The lowest BCUT2D eigenvalue weighted by Gasteiger charge is -2.39. The normalized spacial score (nSPS) is 21.3. The second-order valence-corrected chi connectivity index (χ2v) is 5.37. The minimum Gasteiger partial charge on any atom is -0.462 e. The molecule has 108 valence electrons. The third-order valence-corrected chi connectivity index (χ3v) is 3.96. The number of carbonyl (C=O) groups is 2. The predicted octanol–water partition coefficient (Wildman–Crippen LogP) is 2.80. The quantitative estimate of drug-likeness (QED) is 0.780.